The van der Waals surface area contributed by atoms with Crippen LogP contribution in [0.1, 0.15) is 73.6 Å². The third-order valence-corrected chi connectivity index (χ3v) is 12.5. The maximum atomic E-state index is 11.9. The summed E-state index contributed by atoms with van der Waals surface area (Å²) in [5, 5.41) is 146. The zero-order valence-electron chi connectivity index (χ0n) is 68.2. The Kier molecular flexibility index (Phi) is 150. The van der Waals surface area contributed by atoms with E-state index in [9.17, 15) is 20.4 Å². The van der Waals surface area contributed by atoms with Crippen molar-refractivity contribution in [2.45, 2.75) is 51.4 Å². The van der Waals surface area contributed by atoms with Crippen molar-refractivity contribution in [3.8, 4) is 46.0 Å². The Morgan fingerprint density at radius 3 is 0.559 bits per heavy atom. The van der Waals surface area contributed by atoms with Crippen molar-refractivity contribution in [3.05, 3.63) is 149 Å². The summed E-state index contributed by atoms with van der Waals surface area (Å²) in [5.74, 6) is 1.04. The van der Waals surface area contributed by atoms with Crippen molar-refractivity contribution < 1.29 is 126 Å². The van der Waals surface area contributed by atoms with Gasteiger partial charge >= 0.3 is 67.1 Å². The van der Waals surface area contributed by atoms with Gasteiger partial charge in [-0.15, -0.1) is 0 Å². The number of isothiocyanates is 10. The van der Waals surface area contributed by atoms with Gasteiger partial charge in [0.2, 0.25) is 0 Å². The first-order chi connectivity index (χ1) is 54.7. The molecule has 0 saturated heterocycles. The Labute approximate surface area is 794 Å². The van der Waals surface area contributed by atoms with Crippen LogP contribution < -0.4 is 80.2 Å². The van der Waals surface area contributed by atoms with Crippen molar-refractivity contribution in [1.29, 1.82) is 0 Å². The van der Waals surface area contributed by atoms with E-state index in [4.69, 9.17) is 73.0 Å². The molecule has 0 spiro atoms. The fourth-order valence-electron chi connectivity index (χ4n) is 7.78. The average molecular weight is 1990 g/mol. The van der Waals surface area contributed by atoms with E-state index in [1.54, 1.807) is 97.7 Å². The summed E-state index contributed by atoms with van der Waals surface area (Å²) < 4.78 is 20.0. The van der Waals surface area contributed by atoms with E-state index in [-0.39, 0.29) is 90.1 Å². The molecule has 4 rings (SSSR count). The quantitative estimate of drug-likeness (QED) is 0.0157. The molecule has 30 nitrogen and oxygen atoms in total. The van der Waals surface area contributed by atoms with Crippen LogP contribution in [0.4, 0.5) is 0 Å². The fraction of sp³-hybridized carbons (Fsp3) is 0.486. The summed E-state index contributed by atoms with van der Waals surface area (Å²) in [6, 6.07) is 20.9. The standard InChI is InChI=1S/4C16H27N3O2.10CNS.4Co/c4*1-19(2)12-6-11-17-9-5-10-18-13-14-7-4-8-15(21-3)16(14)20;10*2-1-3;;;;/h4*4,7-8,13,17,20H,5-6,9-12H2,1-3H3;;;;;;;;;;;;;;/q;;;;10*-1;2*+2;2*+3. The minimum absolute atomic E-state index is 0. The number of thiocarbonyl (C=S) groups is 10. The Bertz CT molecular complexity index is 2950. The molecule has 0 saturated carbocycles. The van der Waals surface area contributed by atoms with Gasteiger partial charge < -0.3 is 134 Å². The van der Waals surface area contributed by atoms with Crippen LogP contribution in [0.3, 0.4) is 0 Å². The van der Waals surface area contributed by atoms with Gasteiger partial charge in [0, 0.05) is 103 Å². The van der Waals surface area contributed by atoms with Crippen LogP contribution in [0, 0.1) is 0 Å². The summed E-state index contributed by atoms with van der Waals surface area (Å²) in [6.45, 7) is 15.7. The summed E-state index contributed by atoms with van der Waals surface area (Å²) in [4.78, 5) is 23.1. The van der Waals surface area contributed by atoms with Gasteiger partial charge in [-0.2, -0.15) is 51.6 Å². The molecule has 4 aromatic rings. The molecule has 4 aromatic carbocycles. The zero-order chi connectivity index (χ0) is 89.1. The van der Waals surface area contributed by atoms with Crippen molar-refractivity contribution in [1.82, 2.24) is 21.3 Å². The van der Waals surface area contributed by atoms with Crippen LogP contribution in [0.15, 0.2) is 92.8 Å². The van der Waals surface area contributed by atoms with Gasteiger partial charge in [0.25, 0.3) is 0 Å². The molecule has 0 unspecified atom stereocenters. The second-order valence-corrected chi connectivity index (χ2v) is 24.1. The molecule has 0 aliphatic carbocycles. The maximum absolute atomic E-state index is 11.9. The zero-order valence-corrected chi connectivity index (χ0v) is 80.5. The summed E-state index contributed by atoms with van der Waals surface area (Å²) in [5.41, 5.74) is 2.32. The van der Waals surface area contributed by atoms with Gasteiger partial charge in [0.15, 0.2) is 0 Å². The van der Waals surface area contributed by atoms with E-state index >= 15 is 0 Å². The van der Waals surface area contributed by atoms with Crippen molar-refractivity contribution >= 4 is 199 Å². The number of methoxy groups -OCH3 is 4. The second-order valence-electron chi connectivity index (χ2n) is 22.2. The van der Waals surface area contributed by atoms with E-state index in [1.807, 2.05) is 0 Å². The molecule has 0 aliphatic heterocycles. The predicted octanol–water partition coefficient (Wildman–Crippen LogP) is 5.38. The number of hydrogen-bond donors (Lipinski definition) is 8. The van der Waals surface area contributed by atoms with Crippen molar-refractivity contribution in [2.24, 2.45) is 20.0 Å². The van der Waals surface area contributed by atoms with Gasteiger partial charge in [-0.25, -0.2) is 0 Å². The number of benzene rings is 4. The number of hydrogen-bond acceptors (Lipinski definition) is 26. The van der Waals surface area contributed by atoms with E-state index in [0.29, 0.717) is 45.3 Å². The van der Waals surface area contributed by atoms with Gasteiger partial charge in [-0.3, -0.25) is 20.0 Å². The number of nitrogens with one attached hydrogen (secondary N) is 8. The molecule has 118 heavy (non-hydrogen) atoms. The molecule has 0 aliphatic rings. The van der Waals surface area contributed by atoms with E-state index in [2.05, 4.69) is 220 Å². The first kappa shape index (κ1) is 143. The minimum Gasteiger partial charge on any atom is -0.870 e. The Morgan fingerprint density at radius 2 is 0.432 bits per heavy atom. The molecule has 658 valence electrons. The van der Waals surface area contributed by atoms with Crippen molar-refractivity contribution in [3.63, 3.8) is 0 Å². The number of para-hydroxylation sites is 4. The largest absolute Gasteiger partial charge is 3.00 e. The normalized spacial score (nSPS) is 8.81. The summed E-state index contributed by atoms with van der Waals surface area (Å²) >= 11 is 37.0. The molecule has 0 heterocycles. The molecule has 0 atom stereocenters. The molecule has 0 aromatic heterocycles. The van der Waals surface area contributed by atoms with Crippen LogP contribution >= 0.6 is 122 Å². The SMILES string of the molecule is COc1cccc(C=NCCCNCCC[NH+](C)C)c1[O-].COc1cccc(C=NCCCNCCC[NH+](C)C)c1[O-].COc1cccc(C=NCCCNCCC[NH+](C)C)c1[O-].COc1cccc(C=NCCCNCCC[NH+](C)C)c1[O-].[Co+2].[Co+2].[Co+3].[Co+3].[N-]=C=S.[N-]=C=S.[N-]=C=S.[N-]=C=S.[N-]=C=S.[N-]=C=S.[N-]=C=S.[N-]=C=S.[N-]=C=S.[N-]=C=S. The van der Waals surface area contributed by atoms with Crippen molar-refractivity contribution in [2.75, 3.05) is 190 Å². The van der Waals surface area contributed by atoms with Gasteiger partial charge in [-0.05, 0) is 98.4 Å². The maximum Gasteiger partial charge on any atom is 3.00 e. The number of ether oxygens (including phenoxy) is 4. The molecule has 0 fully saturated rings. The van der Waals surface area contributed by atoms with Crippen LogP contribution in [-0.2, 0) is 67.1 Å². The Morgan fingerprint density at radius 1 is 0.297 bits per heavy atom. The van der Waals surface area contributed by atoms with E-state index < -0.39 is 0 Å². The molecule has 0 bridgehead atoms. The molecule has 8 N–H and O–H groups in total. The second kappa shape index (κ2) is 124. The topological polar surface area (TPSA) is 467 Å². The number of rotatable bonds is 40. The summed E-state index contributed by atoms with van der Waals surface area (Å²) in [6.07, 6.45) is 15.2. The van der Waals surface area contributed by atoms with E-state index in [0.717, 1.165) is 104 Å². The number of nitrogens with zero attached hydrogens (tertiary/aromatic N) is 14. The van der Waals surface area contributed by atoms with Gasteiger partial charge in [0.1, 0.15) is 23.0 Å². The Balaban J connectivity index is -0.0000000901. The van der Waals surface area contributed by atoms with E-state index in [1.165, 1.54) is 152 Å². The fourth-order valence-corrected chi connectivity index (χ4v) is 7.78. The molecule has 44 heteroatoms. The van der Waals surface area contributed by atoms with Gasteiger partial charge in [0.05, 0.1) is 111 Å². The summed E-state index contributed by atoms with van der Waals surface area (Å²) in [7, 11) is 23.3. The molecule has 0 amide bonds. The first-order valence-corrected chi connectivity index (χ1v) is 38.3. The monoisotopic (exact) mass is 1990 g/mol. The van der Waals surface area contributed by atoms with Crippen LogP contribution in [0.2, 0.25) is 0 Å². The average Bonchev–Trinajstić information content (AvgIpc) is 0.892. The first-order valence-electron chi connectivity index (χ1n) is 34.2. The Hall–Kier alpha value is -6.33. The number of aliphatic imine (C=N–C) groups is 4. The third-order valence-electron chi connectivity index (χ3n) is 12.5. The smallest absolute Gasteiger partial charge is 0.870 e. The molecular formula is C74H108Co4N22O8S10. The predicted molar refractivity (Wildman–Crippen MR) is 498 cm³/mol. The minimum atomic E-state index is -0.104. The van der Waals surface area contributed by atoms with Crippen LogP contribution in [0.5, 0.6) is 46.0 Å². The molecule has 2 radical (unpaired) electrons. The molecular weight excluding hydrogens is 1880 g/mol. The third kappa shape index (κ3) is 116. The van der Waals surface area contributed by atoms with Crippen LogP contribution in [-0.4, -0.2) is 266 Å². The number of quaternary nitrogens is 4. The van der Waals surface area contributed by atoms with Gasteiger partial charge in [-0.1, -0.05) is 194 Å². The van der Waals surface area contributed by atoms with Crippen LogP contribution in [0.25, 0.3) is 54.1 Å².